The number of aryl methyl sites for hydroxylation is 1. The van der Waals surface area contributed by atoms with Crippen LogP contribution >= 0.6 is 0 Å². The molecule has 1 N–H and O–H groups in total. The zero-order chi connectivity index (χ0) is 17.1. The van der Waals surface area contributed by atoms with E-state index in [1.807, 2.05) is 6.92 Å². The van der Waals surface area contributed by atoms with E-state index >= 15 is 0 Å². The molecule has 0 heterocycles. The van der Waals surface area contributed by atoms with Crippen LogP contribution in [0.15, 0.2) is 29.2 Å². The maximum absolute atomic E-state index is 12.5. The molecule has 1 aromatic rings. The number of rotatable bonds is 4. The van der Waals surface area contributed by atoms with Gasteiger partial charge in [-0.25, -0.2) is 0 Å². The van der Waals surface area contributed by atoms with Gasteiger partial charge in [0.1, 0.15) is 0 Å². The third-order valence-corrected chi connectivity index (χ3v) is 8.27. The Labute approximate surface area is 139 Å². The molecule has 0 aliphatic heterocycles. The maximum Gasteiger partial charge on any atom is 0.296 e. The average Bonchev–Trinajstić information content (AvgIpc) is 2.76. The summed E-state index contributed by atoms with van der Waals surface area (Å²) < 4.78 is 30.4. The number of aliphatic hydroxyl groups excluding tert-OH is 1. The van der Waals surface area contributed by atoms with Crippen molar-refractivity contribution in [3.05, 3.63) is 29.8 Å². The van der Waals surface area contributed by atoms with Gasteiger partial charge in [0.15, 0.2) is 0 Å². The topological polar surface area (TPSA) is 63.6 Å². The summed E-state index contributed by atoms with van der Waals surface area (Å²) in [5, 5.41) is 10.5. The van der Waals surface area contributed by atoms with E-state index in [9.17, 15) is 13.5 Å². The molecule has 3 atom stereocenters. The lowest BCUT2D eigenvalue weighted by atomic mass is 9.65. The Morgan fingerprint density at radius 2 is 1.78 bits per heavy atom. The molecule has 0 saturated heterocycles. The van der Waals surface area contributed by atoms with Crippen molar-refractivity contribution < 1.29 is 17.7 Å². The molecule has 0 aromatic heterocycles. The van der Waals surface area contributed by atoms with Gasteiger partial charge in [-0.15, -0.1) is 0 Å². The highest BCUT2D eigenvalue weighted by atomic mass is 32.2. The van der Waals surface area contributed by atoms with E-state index in [1.54, 1.807) is 24.3 Å². The van der Waals surface area contributed by atoms with Crippen LogP contribution in [0.3, 0.4) is 0 Å². The Kier molecular flexibility index (Phi) is 3.71. The van der Waals surface area contributed by atoms with Crippen molar-refractivity contribution in [2.45, 2.75) is 58.0 Å². The highest BCUT2D eigenvalue weighted by molar-refractivity contribution is 7.86. The third-order valence-electron chi connectivity index (χ3n) is 7.00. The molecule has 5 heteroatoms. The molecular formula is C18H26O4S. The highest BCUT2D eigenvalue weighted by Crippen LogP contribution is 2.72. The minimum absolute atomic E-state index is 0.142. The molecule has 2 bridgehead atoms. The van der Waals surface area contributed by atoms with Gasteiger partial charge in [-0.05, 0) is 49.1 Å². The number of aliphatic hydroxyl groups is 1. The molecule has 4 nitrogen and oxygen atoms in total. The molecule has 2 fully saturated rings. The number of hydrogen-bond acceptors (Lipinski definition) is 4. The van der Waals surface area contributed by atoms with Crippen LogP contribution in [0.25, 0.3) is 0 Å². The summed E-state index contributed by atoms with van der Waals surface area (Å²) in [7, 11) is -3.76. The van der Waals surface area contributed by atoms with Gasteiger partial charge in [0.25, 0.3) is 10.1 Å². The second kappa shape index (κ2) is 5.04. The first-order chi connectivity index (χ1) is 10.5. The van der Waals surface area contributed by atoms with Gasteiger partial charge in [0.2, 0.25) is 0 Å². The maximum atomic E-state index is 12.5. The van der Waals surface area contributed by atoms with Crippen LogP contribution in [0, 0.1) is 23.2 Å². The van der Waals surface area contributed by atoms with Crippen LogP contribution < -0.4 is 0 Å². The predicted octanol–water partition coefficient (Wildman–Crippen LogP) is 3.28. The van der Waals surface area contributed by atoms with Gasteiger partial charge in [0, 0.05) is 5.41 Å². The lowest BCUT2D eigenvalue weighted by molar-refractivity contribution is 0.00884. The second-order valence-corrected chi connectivity index (χ2v) is 9.69. The SMILES string of the molecule is Cc1ccc(S(=O)(=O)OC[C@@]23CC[C@](C)([C@H](O)C2)C3(C)C)cc1. The second-order valence-electron chi connectivity index (χ2n) is 8.07. The molecule has 23 heavy (non-hydrogen) atoms. The molecule has 128 valence electrons. The molecule has 1 aromatic carbocycles. The van der Waals surface area contributed by atoms with Crippen molar-refractivity contribution in [1.82, 2.24) is 0 Å². The number of benzene rings is 1. The van der Waals surface area contributed by atoms with Crippen LogP contribution in [0.1, 0.15) is 45.6 Å². The van der Waals surface area contributed by atoms with Gasteiger partial charge in [-0.3, -0.25) is 4.18 Å². The zero-order valence-corrected chi connectivity index (χ0v) is 15.1. The van der Waals surface area contributed by atoms with Crippen LogP contribution in [0.2, 0.25) is 0 Å². The van der Waals surface area contributed by atoms with E-state index in [-0.39, 0.29) is 27.7 Å². The monoisotopic (exact) mass is 338 g/mol. The van der Waals surface area contributed by atoms with E-state index in [0.29, 0.717) is 6.42 Å². The molecule has 0 spiro atoms. The van der Waals surface area contributed by atoms with E-state index in [0.717, 1.165) is 18.4 Å². The molecule has 0 unspecified atom stereocenters. The van der Waals surface area contributed by atoms with E-state index < -0.39 is 16.2 Å². The predicted molar refractivity (Wildman–Crippen MR) is 88.5 cm³/mol. The summed E-state index contributed by atoms with van der Waals surface area (Å²) in [6.45, 7) is 8.44. The Hall–Kier alpha value is -0.910. The van der Waals surface area contributed by atoms with Crippen molar-refractivity contribution in [2.75, 3.05) is 6.61 Å². The first kappa shape index (κ1) is 16.9. The highest BCUT2D eigenvalue weighted by Gasteiger charge is 2.69. The summed E-state index contributed by atoms with van der Waals surface area (Å²) in [6, 6.07) is 6.69. The Balaban J connectivity index is 1.82. The molecule has 2 saturated carbocycles. The lowest BCUT2D eigenvalue weighted by Crippen LogP contribution is -2.39. The fourth-order valence-corrected chi connectivity index (χ4v) is 5.53. The number of fused-ring (bicyclic) bond motifs is 2. The molecular weight excluding hydrogens is 312 g/mol. The van der Waals surface area contributed by atoms with Gasteiger partial charge < -0.3 is 5.11 Å². The van der Waals surface area contributed by atoms with E-state index in [1.165, 1.54) is 0 Å². The van der Waals surface area contributed by atoms with E-state index in [2.05, 4.69) is 20.8 Å². The molecule has 2 aliphatic carbocycles. The van der Waals surface area contributed by atoms with Gasteiger partial charge in [-0.1, -0.05) is 38.5 Å². The largest absolute Gasteiger partial charge is 0.393 e. The van der Waals surface area contributed by atoms with Gasteiger partial charge >= 0.3 is 0 Å². The first-order valence-electron chi connectivity index (χ1n) is 8.18. The van der Waals surface area contributed by atoms with Gasteiger partial charge in [-0.2, -0.15) is 8.42 Å². The summed E-state index contributed by atoms with van der Waals surface area (Å²) in [6.07, 6.45) is 2.03. The fraction of sp³-hybridized carbons (Fsp3) is 0.667. The molecule has 0 radical (unpaired) electrons. The molecule has 0 amide bonds. The Morgan fingerprint density at radius 3 is 2.26 bits per heavy atom. The van der Waals surface area contributed by atoms with Crippen LogP contribution in [0.4, 0.5) is 0 Å². The van der Waals surface area contributed by atoms with Crippen LogP contribution in [-0.2, 0) is 14.3 Å². The number of hydrogen-bond donors (Lipinski definition) is 1. The van der Waals surface area contributed by atoms with Crippen molar-refractivity contribution in [2.24, 2.45) is 16.2 Å². The van der Waals surface area contributed by atoms with Crippen molar-refractivity contribution >= 4 is 10.1 Å². The Bertz CT molecular complexity index is 707. The summed E-state index contributed by atoms with van der Waals surface area (Å²) in [4.78, 5) is 0.191. The fourth-order valence-electron chi connectivity index (χ4n) is 4.54. The standard InChI is InChI=1S/C18H26O4S/c1-13-5-7-14(8-6-13)23(20,21)22-12-18-10-9-17(4,15(19)11-18)16(18,2)3/h5-8,15,19H,9-12H2,1-4H3/t15-,17-,18-/m1/s1. The normalized spacial score (nSPS) is 35.6. The average molecular weight is 338 g/mol. The van der Waals surface area contributed by atoms with Crippen LogP contribution in [-0.4, -0.2) is 26.2 Å². The van der Waals surface area contributed by atoms with E-state index in [4.69, 9.17) is 4.18 Å². The smallest absolute Gasteiger partial charge is 0.296 e. The zero-order valence-electron chi connectivity index (χ0n) is 14.3. The van der Waals surface area contributed by atoms with Gasteiger partial charge in [0.05, 0.1) is 17.6 Å². The lowest BCUT2D eigenvalue weighted by Gasteiger charge is -2.40. The Morgan fingerprint density at radius 1 is 1.17 bits per heavy atom. The van der Waals surface area contributed by atoms with Crippen molar-refractivity contribution in [3.63, 3.8) is 0 Å². The molecule has 2 aliphatic rings. The van der Waals surface area contributed by atoms with Crippen molar-refractivity contribution in [1.29, 1.82) is 0 Å². The summed E-state index contributed by atoms with van der Waals surface area (Å²) in [5.74, 6) is 0. The first-order valence-corrected chi connectivity index (χ1v) is 9.59. The minimum atomic E-state index is -3.76. The van der Waals surface area contributed by atoms with Crippen molar-refractivity contribution in [3.8, 4) is 0 Å². The third kappa shape index (κ3) is 2.28. The minimum Gasteiger partial charge on any atom is -0.393 e. The quantitative estimate of drug-likeness (QED) is 0.856. The summed E-state index contributed by atoms with van der Waals surface area (Å²) >= 11 is 0. The summed E-state index contributed by atoms with van der Waals surface area (Å²) in [5.41, 5.74) is 0.416. The molecule has 3 rings (SSSR count). The van der Waals surface area contributed by atoms with Crippen LogP contribution in [0.5, 0.6) is 0 Å².